The first-order valence-electron chi connectivity index (χ1n) is 4.92. The second-order valence-corrected chi connectivity index (χ2v) is 5.00. The van der Waals surface area contributed by atoms with Crippen molar-refractivity contribution in [1.29, 1.82) is 0 Å². The Kier molecular flexibility index (Phi) is 5.11. The Balaban J connectivity index is 2.96. The maximum atomic E-state index is 11.8. The van der Waals surface area contributed by atoms with Crippen molar-refractivity contribution < 1.29 is 0 Å². The second-order valence-electron chi connectivity index (χ2n) is 3.56. The molecule has 5 heteroatoms. The number of hydrogen-bond donors (Lipinski definition) is 1. The van der Waals surface area contributed by atoms with Crippen molar-refractivity contribution in [2.75, 3.05) is 5.75 Å². The summed E-state index contributed by atoms with van der Waals surface area (Å²) in [5.41, 5.74) is 0.860. The molecule has 0 saturated heterocycles. The quantitative estimate of drug-likeness (QED) is 0.674. The highest BCUT2D eigenvalue weighted by molar-refractivity contribution is 14.1. The van der Waals surface area contributed by atoms with E-state index in [9.17, 15) is 4.79 Å². The molecular formula is C10H15IN2OS. The van der Waals surface area contributed by atoms with Crippen LogP contribution in [-0.2, 0) is 6.54 Å². The Morgan fingerprint density at radius 3 is 2.87 bits per heavy atom. The fraction of sp³-hybridized carbons (Fsp3) is 0.600. The van der Waals surface area contributed by atoms with E-state index < -0.39 is 0 Å². The zero-order valence-electron chi connectivity index (χ0n) is 8.90. The van der Waals surface area contributed by atoms with Crippen molar-refractivity contribution >= 4 is 35.2 Å². The number of thiol groups is 1. The molecule has 0 aliphatic heterocycles. The summed E-state index contributed by atoms with van der Waals surface area (Å²) in [5.74, 6) is 1.24. The first-order valence-corrected chi connectivity index (χ1v) is 6.63. The molecule has 0 fully saturated rings. The van der Waals surface area contributed by atoms with Gasteiger partial charge in [-0.2, -0.15) is 12.6 Å². The number of aromatic nitrogens is 2. The molecule has 0 amide bonds. The predicted molar refractivity (Wildman–Crippen MR) is 73.6 cm³/mol. The highest BCUT2D eigenvalue weighted by Gasteiger charge is 2.09. The van der Waals surface area contributed by atoms with Gasteiger partial charge < -0.3 is 0 Å². The monoisotopic (exact) mass is 338 g/mol. The van der Waals surface area contributed by atoms with E-state index in [1.54, 1.807) is 10.9 Å². The lowest BCUT2D eigenvalue weighted by Gasteiger charge is -2.13. The number of halogens is 1. The zero-order chi connectivity index (χ0) is 11.4. The largest absolute Gasteiger partial charge is 0.298 e. The fourth-order valence-corrected chi connectivity index (χ4v) is 2.09. The van der Waals surface area contributed by atoms with Crippen LogP contribution in [0.2, 0.25) is 0 Å². The van der Waals surface area contributed by atoms with E-state index >= 15 is 0 Å². The van der Waals surface area contributed by atoms with E-state index in [0.717, 1.165) is 17.9 Å². The van der Waals surface area contributed by atoms with Crippen LogP contribution in [0.5, 0.6) is 0 Å². The lowest BCUT2D eigenvalue weighted by Crippen LogP contribution is -2.27. The van der Waals surface area contributed by atoms with Gasteiger partial charge in [0.2, 0.25) is 0 Å². The minimum absolute atomic E-state index is 0.0586. The van der Waals surface area contributed by atoms with Gasteiger partial charge in [0.1, 0.15) is 0 Å². The van der Waals surface area contributed by atoms with Gasteiger partial charge in [0, 0.05) is 6.54 Å². The van der Waals surface area contributed by atoms with E-state index in [-0.39, 0.29) is 5.56 Å². The lowest BCUT2D eigenvalue weighted by atomic mass is 10.1. The van der Waals surface area contributed by atoms with Crippen molar-refractivity contribution in [3.63, 3.8) is 0 Å². The highest BCUT2D eigenvalue weighted by atomic mass is 127. The molecule has 0 aromatic carbocycles. The molecule has 0 aliphatic rings. The van der Waals surface area contributed by atoms with Crippen LogP contribution in [0, 0.1) is 16.4 Å². The topological polar surface area (TPSA) is 34.9 Å². The van der Waals surface area contributed by atoms with Gasteiger partial charge in [-0.1, -0.05) is 13.3 Å². The average molecular weight is 338 g/mol. The normalized spacial score (nSPS) is 12.8. The van der Waals surface area contributed by atoms with Crippen LogP contribution in [0.25, 0.3) is 0 Å². The fourth-order valence-electron chi connectivity index (χ4n) is 1.27. The molecule has 1 aromatic rings. The summed E-state index contributed by atoms with van der Waals surface area (Å²) < 4.78 is 2.39. The standard InChI is InChI=1S/C10H15IN2OS/c1-3-8(5-15)4-13-6-12-7(2)9(11)10(13)14/h6,8,15H,3-5H2,1-2H3. The van der Waals surface area contributed by atoms with Crippen LogP contribution in [0.3, 0.4) is 0 Å². The van der Waals surface area contributed by atoms with Crippen molar-refractivity contribution in [2.45, 2.75) is 26.8 Å². The van der Waals surface area contributed by atoms with Crippen LogP contribution < -0.4 is 5.56 Å². The summed E-state index contributed by atoms with van der Waals surface area (Å²) in [6.45, 7) is 4.67. The molecule has 0 aliphatic carbocycles. The van der Waals surface area contributed by atoms with Crippen LogP contribution >= 0.6 is 35.2 Å². The molecule has 1 heterocycles. The molecule has 1 rings (SSSR count). The molecule has 0 saturated carbocycles. The highest BCUT2D eigenvalue weighted by Crippen LogP contribution is 2.08. The van der Waals surface area contributed by atoms with Crippen molar-refractivity contribution in [2.24, 2.45) is 5.92 Å². The summed E-state index contributed by atoms with van der Waals surface area (Å²) in [7, 11) is 0. The van der Waals surface area contributed by atoms with Crippen LogP contribution in [0.4, 0.5) is 0 Å². The molecule has 0 radical (unpaired) electrons. The molecule has 3 nitrogen and oxygen atoms in total. The molecular weight excluding hydrogens is 323 g/mol. The second kappa shape index (κ2) is 5.89. The van der Waals surface area contributed by atoms with E-state index in [1.165, 1.54) is 0 Å². The minimum Gasteiger partial charge on any atom is -0.298 e. The third kappa shape index (κ3) is 3.21. The van der Waals surface area contributed by atoms with Gasteiger partial charge in [-0.25, -0.2) is 4.98 Å². The van der Waals surface area contributed by atoms with E-state index in [0.29, 0.717) is 16.0 Å². The summed E-state index contributed by atoms with van der Waals surface area (Å²) in [4.78, 5) is 16.0. The van der Waals surface area contributed by atoms with Gasteiger partial charge >= 0.3 is 0 Å². The average Bonchev–Trinajstić information content (AvgIpc) is 2.25. The Bertz CT molecular complexity index is 387. The van der Waals surface area contributed by atoms with E-state index in [4.69, 9.17) is 0 Å². The summed E-state index contributed by atoms with van der Waals surface area (Å²) in [6, 6.07) is 0. The minimum atomic E-state index is 0.0586. The maximum Gasteiger partial charge on any atom is 0.267 e. The van der Waals surface area contributed by atoms with E-state index in [2.05, 4.69) is 47.1 Å². The van der Waals surface area contributed by atoms with Crippen LogP contribution in [0.15, 0.2) is 11.1 Å². The van der Waals surface area contributed by atoms with Gasteiger partial charge in [0.05, 0.1) is 15.6 Å². The molecule has 0 bridgehead atoms. The maximum absolute atomic E-state index is 11.8. The van der Waals surface area contributed by atoms with Gasteiger partial charge in [-0.15, -0.1) is 0 Å². The van der Waals surface area contributed by atoms with E-state index in [1.807, 2.05) is 6.92 Å². The van der Waals surface area contributed by atoms with Crippen LogP contribution in [0.1, 0.15) is 19.0 Å². The van der Waals surface area contributed by atoms with Crippen molar-refractivity contribution in [3.05, 3.63) is 25.9 Å². The molecule has 1 unspecified atom stereocenters. The zero-order valence-corrected chi connectivity index (χ0v) is 12.0. The van der Waals surface area contributed by atoms with Gasteiger partial charge in [0.15, 0.2) is 0 Å². The number of hydrogen-bond acceptors (Lipinski definition) is 3. The third-order valence-electron chi connectivity index (χ3n) is 2.45. The summed E-state index contributed by atoms with van der Waals surface area (Å²) in [5, 5.41) is 0. The van der Waals surface area contributed by atoms with Crippen LogP contribution in [-0.4, -0.2) is 15.3 Å². The predicted octanol–water partition coefficient (Wildman–Crippen LogP) is 2.11. The number of aryl methyl sites for hydroxylation is 1. The summed E-state index contributed by atoms with van der Waals surface area (Å²) >= 11 is 6.32. The molecule has 1 atom stereocenters. The van der Waals surface area contributed by atoms with Gasteiger partial charge in [0.25, 0.3) is 5.56 Å². The smallest absolute Gasteiger partial charge is 0.267 e. The first kappa shape index (κ1) is 13.0. The Morgan fingerprint density at radius 2 is 2.33 bits per heavy atom. The SMILES string of the molecule is CCC(CS)Cn1cnc(C)c(I)c1=O. The Morgan fingerprint density at radius 1 is 1.67 bits per heavy atom. The van der Waals surface area contributed by atoms with Gasteiger partial charge in [-0.05, 0) is 41.2 Å². The first-order chi connectivity index (χ1) is 7.10. The molecule has 15 heavy (non-hydrogen) atoms. The lowest BCUT2D eigenvalue weighted by molar-refractivity contribution is 0.462. The summed E-state index contributed by atoms with van der Waals surface area (Å²) in [6.07, 6.45) is 2.66. The molecule has 0 spiro atoms. The number of nitrogens with zero attached hydrogens (tertiary/aromatic N) is 2. The molecule has 1 aromatic heterocycles. The Labute approximate surface area is 109 Å². The third-order valence-corrected chi connectivity index (χ3v) is 4.21. The molecule has 84 valence electrons. The number of rotatable bonds is 4. The van der Waals surface area contributed by atoms with Gasteiger partial charge in [-0.3, -0.25) is 9.36 Å². The van der Waals surface area contributed by atoms with Crippen molar-refractivity contribution in [3.8, 4) is 0 Å². The van der Waals surface area contributed by atoms with Crippen molar-refractivity contribution in [1.82, 2.24) is 9.55 Å². The Hall–Kier alpha value is -0.0400. The molecule has 0 N–H and O–H groups in total.